The van der Waals surface area contributed by atoms with Gasteiger partial charge in [0, 0.05) is 24.6 Å². The first-order valence-corrected chi connectivity index (χ1v) is 7.72. The zero-order valence-corrected chi connectivity index (χ0v) is 11.7. The predicted molar refractivity (Wildman–Crippen MR) is 73.9 cm³/mol. The van der Waals surface area contributed by atoms with E-state index in [4.69, 9.17) is 10.5 Å². The molecule has 6 nitrogen and oxygen atoms in total. The summed E-state index contributed by atoms with van der Waals surface area (Å²) < 4.78 is 27.9. The molecule has 0 saturated carbocycles. The number of anilines is 1. The minimum atomic E-state index is -3.41. The molecule has 0 fully saturated rings. The first-order chi connectivity index (χ1) is 8.84. The van der Waals surface area contributed by atoms with Gasteiger partial charge in [0.2, 0.25) is 5.91 Å². The van der Waals surface area contributed by atoms with Crippen molar-refractivity contribution in [3.05, 3.63) is 24.3 Å². The van der Waals surface area contributed by atoms with E-state index < -0.39 is 21.0 Å². The summed E-state index contributed by atoms with van der Waals surface area (Å²) in [5.74, 6) is -0.00580. The van der Waals surface area contributed by atoms with E-state index in [9.17, 15) is 13.2 Å². The first kappa shape index (κ1) is 15.5. The number of sulfone groups is 1. The fraction of sp³-hybridized carbons (Fsp3) is 0.417. The largest absolute Gasteiger partial charge is 0.492 e. The van der Waals surface area contributed by atoms with Crippen molar-refractivity contribution in [2.24, 2.45) is 5.73 Å². The second-order valence-electron chi connectivity index (χ2n) is 4.13. The summed E-state index contributed by atoms with van der Waals surface area (Å²) in [7, 11) is -3.41. The van der Waals surface area contributed by atoms with Crippen LogP contribution in [0.3, 0.4) is 0 Å². The van der Waals surface area contributed by atoms with Crippen molar-refractivity contribution in [1.29, 1.82) is 0 Å². The molecule has 0 aliphatic carbocycles. The van der Waals surface area contributed by atoms with Crippen molar-refractivity contribution < 1.29 is 17.9 Å². The highest BCUT2D eigenvalue weighted by atomic mass is 32.2. The molecule has 0 bridgehead atoms. The number of carbonyl (C=O) groups excluding carboxylic acids is 1. The van der Waals surface area contributed by atoms with E-state index in [2.05, 4.69) is 5.32 Å². The fourth-order valence-corrected chi connectivity index (χ4v) is 1.73. The average molecular weight is 286 g/mol. The van der Waals surface area contributed by atoms with Crippen LogP contribution in [-0.2, 0) is 14.6 Å². The maximum absolute atomic E-state index is 11.7. The van der Waals surface area contributed by atoms with E-state index in [1.807, 2.05) is 0 Å². The van der Waals surface area contributed by atoms with Crippen molar-refractivity contribution in [2.75, 3.05) is 24.7 Å². The van der Waals surface area contributed by atoms with Crippen LogP contribution in [0.25, 0.3) is 0 Å². The molecule has 1 aromatic rings. The second-order valence-corrected chi connectivity index (χ2v) is 6.49. The average Bonchev–Trinajstić information content (AvgIpc) is 2.34. The first-order valence-electron chi connectivity index (χ1n) is 5.77. The monoisotopic (exact) mass is 286 g/mol. The topological polar surface area (TPSA) is 98.5 Å². The van der Waals surface area contributed by atoms with Gasteiger partial charge in [-0.05, 0) is 19.1 Å². The van der Waals surface area contributed by atoms with Gasteiger partial charge >= 0.3 is 0 Å². The molecule has 1 atom stereocenters. The zero-order valence-electron chi connectivity index (χ0n) is 10.9. The second kappa shape index (κ2) is 6.53. The third kappa shape index (κ3) is 4.88. The van der Waals surface area contributed by atoms with E-state index in [0.29, 0.717) is 24.6 Å². The molecule has 106 valence electrons. The van der Waals surface area contributed by atoms with Crippen LogP contribution in [0.15, 0.2) is 24.3 Å². The van der Waals surface area contributed by atoms with Gasteiger partial charge in [-0.3, -0.25) is 4.79 Å². The van der Waals surface area contributed by atoms with Gasteiger partial charge in [-0.25, -0.2) is 8.42 Å². The SMILES string of the molecule is CC(C(=O)Nc1cccc(OCCN)c1)S(C)(=O)=O. The van der Waals surface area contributed by atoms with Crippen molar-refractivity contribution in [2.45, 2.75) is 12.2 Å². The Balaban J connectivity index is 2.74. The van der Waals surface area contributed by atoms with E-state index in [1.54, 1.807) is 24.3 Å². The van der Waals surface area contributed by atoms with Crippen LogP contribution in [0.5, 0.6) is 5.75 Å². The minimum Gasteiger partial charge on any atom is -0.492 e. The number of nitrogens with two attached hydrogens (primary N) is 1. The van der Waals surface area contributed by atoms with Gasteiger partial charge in [-0.2, -0.15) is 0 Å². The predicted octanol–water partition coefficient (Wildman–Crippen LogP) is 0.396. The zero-order chi connectivity index (χ0) is 14.5. The number of benzene rings is 1. The van der Waals surface area contributed by atoms with Gasteiger partial charge in [0.15, 0.2) is 9.84 Å². The third-order valence-electron chi connectivity index (χ3n) is 2.50. The molecule has 1 aromatic carbocycles. The smallest absolute Gasteiger partial charge is 0.242 e. The molecule has 19 heavy (non-hydrogen) atoms. The Morgan fingerprint density at radius 2 is 2.16 bits per heavy atom. The number of hydrogen-bond donors (Lipinski definition) is 2. The van der Waals surface area contributed by atoms with Crippen molar-refractivity contribution >= 4 is 21.4 Å². The van der Waals surface area contributed by atoms with Gasteiger partial charge in [0.1, 0.15) is 17.6 Å². The molecule has 0 radical (unpaired) electrons. The van der Waals surface area contributed by atoms with E-state index in [1.165, 1.54) is 6.92 Å². The minimum absolute atomic E-state index is 0.372. The maximum Gasteiger partial charge on any atom is 0.242 e. The molecular weight excluding hydrogens is 268 g/mol. The van der Waals surface area contributed by atoms with E-state index in [-0.39, 0.29) is 0 Å². The number of nitrogens with one attached hydrogen (secondary N) is 1. The third-order valence-corrected chi connectivity index (χ3v) is 4.00. The molecule has 1 unspecified atom stereocenters. The number of carbonyl (C=O) groups is 1. The Bertz CT molecular complexity index is 542. The van der Waals surface area contributed by atoms with E-state index >= 15 is 0 Å². The Morgan fingerprint density at radius 1 is 1.47 bits per heavy atom. The molecule has 0 spiro atoms. The van der Waals surface area contributed by atoms with Crippen molar-refractivity contribution in [3.8, 4) is 5.75 Å². The molecule has 0 aromatic heterocycles. The van der Waals surface area contributed by atoms with Crippen LogP contribution in [0.1, 0.15) is 6.92 Å². The normalized spacial score (nSPS) is 12.8. The Hall–Kier alpha value is -1.60. The molecule has 3 N–H and O–H groups in total. The standard InChI is InChI=1S/C12H18N2O4S/c1-9(19(2,16)17)12(15)14-10-4-3-5-11(8-10)18-7-6-13/h3-5,8-9H,6-7,13H2,1-2H3,(H,14,15). The summed E-state index contributed by atoms with van der Waals surface area (Å²) in [6.07, 6.45) is 1.03. The lowest BCUT2D eigenvalue weighted by Gasteiger charge is -2.11. The van der Waals surface area contributed by atoms with Gasteiger partial charge in [0.25, 0.3) is 0 Å². The molecular formula is C12H18N2O4S. The maximum atomic E-state index is 11.7. The Labute approximate surface area is 112 Å². The molecule has 0 heterocycles. The van der Waals surface area contributed by atoms with Crippen LogP contribution in [0.2, 0.25) is 0 Å². The van der Waals surface area contributed by atoms with Gasteiger partial charge in [-0.15, -0.1) is 0 Å². The fourth-order valence-electron chi connectivity index (χ4n) is 1.28. The van der Waals surface area contributed by atoms with E-state index in [0.717, 1.165) is 6.26 Å². The summed E-state index contributed by atoms with van der Waals surface area (Å²) in [6, 6.07) is 6.70. The molecule has 0 aliphatic heterocycles. The quantitative estimate of drug-likeness (QED) is 0.788. The summed E-state index contributed by atoms with van der Waals surface area (Å²) in [6.45, 7) is 2.11. The number of hydrogen-bond acceptors (Lipinski definition) is 5. The number of amides is 1. The lowest BCUT2D eigenvalue weighted by molar-refractivity contribution is -0.115. The Kier molecular flexibility index (Phi) is 5.31. The molecule has 7 heteroatoms. The highest BCUT2D eigenvalue weighted by Gasteiger charge is 2.23. The van der Waals surface area contributed by atoms with Crippen LogP contribution in [-0.4, -0.2) is 39.0 Å². The van der Waals surface area contributed by atoms with Crippen LogP contribution < -0.4 is 15.8 Å². The van der Waals surface area contributed by atoms with Gasteiger partial charge in [0.05, 0.1) is 0 Å². The number of rotatable bonds is 6. The van der Waals surface area contributed by atoms with Crippen LogP contribution >= 0.6 is 0 Å². The summed E-state index contributed by atoms with van der Waals surface area (Å²) >= 11 is 0. The van der Waals surface area contributed by atoms with Gasteiger partial charge in [-0.1, -0.05) is 6.07 Å². The van der Waals surface area contributed by atoms with Crippen LogP contribution in [0.4, 0.5) is 5.69 Å². The number of ether oxygens (including phenoxy) is 1. The Morgan fingerprint density at radius 3 is 2.74 bits per heavy atom. The lowest BCUT2D eigenvalue weighted by atomic mass is 10.3. The summed E-state index contributed by atoms with van der Waals surface area (Å²) in [5.41, 5.74) is 5.80. The molecule has 0 saturated heterocycles. The van der Waals surface area contributed by atoms with Crippen molar-refractivity contribution in [1.82, 2.24) is 0 Å². The molecule has 1 amide bonds. The highest BCUT2D eigenvalue weighted by molar-refractivity contribution is 7.92. The summed E-state index contributed by atoms with van der Waals surface area (Å²) in [4.78, 5) is 11.7. The van der Waals surface area contributed by atoms with Gasteiger partial charge < -0.3 is 15.8 Å². The molecule has 1 rings (SSSR count). The molecule has 0 aliphatic rings. The lowest BCUT2D eigenvalue weighted by Crippen LogP contribution is -2.31. The van der Waals surface area contributed by atoms with Crippen LogP contribution in [0, 0.1) is 0 Å². The van der Waals surface area contributed by atoms with Crippen molar-refractivity contribution in [3.63, 3.8) is 0 Å². The highest BCUT2D eigenvalue weighted by Crippen LogP contribution is 2.17. The summed E-state index contributed by atoms with van der Waals surface area (Å²) in [5, 5.41) is 1.44.